The zero-order valence-corrected chi connectivity index (χ0v) is 13.4. The summed E-state index contributed by atoms with van der Waals surface area (Å²) in [5, 5.41) is 4.42. The molecule has 0 fully saturated rings. The lowest BCUT2D eigenvalue weighted by molar-refractivity contribution is -0.116. The van der Waals surface area contributed by atoms with E-state index >= 15 is 0 Å². The van der Waals surface area contributed by atoms with E-state index < -0.39 is 0 Å². The maximum absolute atomic E-state index is 12.4. The van der Waals surface area contributed by atoms with Crippen molar-refractivity contribution in [2.24, 2.45) is 0 Å². The normalized spacial score (nSPS) is 11.0. The molecule has 6 heteroatoms. The number of aryl methyl sites for hydroxylation is 1. The maximum Gasteiger partial charge on any atom is 0.261 e. The first-order valence-electron chi connectivity index (χ1n) is 8.02. The minimum Gasteiger partial charge on any atom is -0.361 e. The molecule has 4 rings (SSSR count). The molecule has 0 aliphatic rings. The third-order valence-corrected chi connectivity index (χ3v) is 4.18. The molecule has 0 saturated heterocycles. The van der Waals surface area contributed by atoms with Gasteiger partial charge in [-0.3, -0.25) is 14.2 Å². The minimum atomic E-state index is -0.145. The Labute approximate surface area is 143 Å². The van der Waals surface area contributed by atoms with Crippen molar-refractivity contribution in [1.82, 2.24) is 14.5 Å². The van der Waals surface area contributed by atoms with Crippen molar-refractivity contribution in [2.75, 3.05) is 5.32 Å². The van der Waals surface area contributed by atoms with Crippen LogP contribution in [0.3, 0.4) is 0 Å². The van der Waals surface area contributed by atoms with Crippen LogP contribution in [0.2, 0.25) is 0 Å². The van der Waals surface area contributed by atoms with E-state index in [0.717, 1.165) is 16.6 Å². The Morgan fingerprint density at radius 1 is 1.08 bits per heavy atom. The molecule has 1 amide bonds. The predicted octanol–water partition coefficient (Wildman–Crippen LogP) is 2.91. The van der Waals surface area contributed by atoms with Gasteiger partial charge in [-0.1, -0.05) is 18.2 Å². The Bertz CT molecular complexity index is 1130. The van der Waals surface area contributed by atoms with E-state index in [0.29, 0.717) is 10.9 Å². The van der Waals surface area contributed by atoms with Gasteiger partial charge in [0.05, 0.1) is 22.9 Å². The second-order valence-corrected chi connectivity index (χ2v) is 5.80. The molecule has 2 heterocycles. The highest BCUT2D eigenvalue weighted by atomic mass is 16.2. The fourth-order valence-corrected chi connectivity index (χ4v) is 2.89. The summed E-state index contributed by atoms with van der Waals surface area (Å²) in [5.41, 5.74) is 2.25. The van der Waals surface area contributed by atoms with Gasteiger partial charge in [-0.05, 0) is 30.3 Å². The number of H-pyrrole nitrogens is 1. The Balaban J connectivity index is 1.50. The van der Waals surface area contributed by atoms with E-state index in [-0.39, 0.29) is 24.4 Å². The molecule has 124 valence electrons. The van der Waals surface area contributed by atoms with E-state index in [1.165, 1.54) is 10.9 Å². The number of rotatable bonds is 4. The van der Waals surface area contributed by atoms with Crippen LogP contribution in [0.4, 0.5) is 5.69 Å². The van der Waals surface area contributed by atoms with Crippen LogP contribution >= 0.6 is 0 Å². The Hall–Kier alpha value is -3.41. The number of para-hydroxylation sites is 1. The first kappa shape index (κ1) is 15.1. The SMILES string of the molecule is O=C(CCn1cnc2ccccc2c1=O)Nc1cccc2[nH]ccc12. The Morgan fingerprint density at radius 3 is 2.88 bits per heavy atom. The van der Waals surface area contributed by atoms with Gasteiger partial charge in [0.1, 0.15) is 0 Å². The standard InChI is InChI=1S/C19H16N4O2/c24-18(22-17-7-3-6-15-13(17)8-10-20-15)9-11-23-12-21-16-5-2-1-4-14(16)19(23)25/h1-8,10,12,20H,9,11H2,(H,22,24). The van der Waals surface area contributed by atoms with Crippen molar-refractivity contribution in [3.05, 3.63) is 71.4 Å². The van der Waals surface area contributed by atoms with Crippen molar-refractivity contribution in [2.45, 2.75) is 13.0 Å². The summed E-state index contributed by atoms with van der Waals surface area (Å²) in [6, 6.07) is 14.8. The molecule has 0 radical (unpaired) electrons. The van der Waals surface area contributed by atoms with Crippen LogP contribution in [0, 0.1) is 0 Å². The first-order chi connectivity index (χ1) is 12.2. The summed E-state index contributed by atoms with van der Waals surface area (Å²) in [7, 11) is 0. The molecule has 0 bridgehead atoms. The van der Waals surface area contributed by atoms with E-state index in [1.807, 2.05) is 36.5 Å². The highest BCUT2D eigenvalue weighted by molar-refractivity contribution is 6.01. The number of carbonyl (C=O) groups is 1. The number of aromatic amines is 1. The fourth-order valence-electron chi connectivity index (χ4n) is 2.89. The van der Waals surface area contributed by atoms with Crippen LogP contribution in [0.5, 0.6) is 0 Å². The highest BCUT2D eigenvalue weighted by Gasteiger charge is 2.08. The summed E-state index contributed by atoms with van der Waals surface area (Å²) in [6.07, 6.45) is 3.52. The molecular formula is C19H16N4O2. The average Bonchev–Trinajstić information content (AvgIpc) is 3.11. The molecule has 0 aliphatic heterocycles. The number of carbonyl (C=O) groups excluding carboxylic acids is 1. The molecule has 6 nitrogen and oxygen atoms in total. The second-order valence-electron chi connectivity index (χ2n) is 5.80. The molecule has 0 aliphatic carbocycles. The fraction of sp³-hybridized carbons (Fsp3) is 0.105. The number of amides is 1. The molecule has 2 N–H and O–H groups in total. The van der Waals surface area contributed by atoms with Gasteiger partial charge < -0.3 is 10.3 Å². The first-order valence-corrected chi connectivity index (χ1v) is 8.02. The summed E-state index contributed by atoms with van der Waals surface area (Å²) in [6.45, 7) is 0.283. The van der Waals surface area contributed by atoms with Gasteiger partial charge in [0.25, 0.3) is 5.56 Å². The minimum absolute atomic E-state index is 0.133. The lowest BCUT2D eigenvalue weighted by atomic mass is 10.2. The van der Waals surface area contributed by atoms with E-state index in [2.05, 4.69) is 15.3 Å². The number of hydrogen-bond donors (Lipinski definition) is 2. The van der Waals surface area contributed by atoms with Crippen molar-refractivity contribution in [1.29, 1.82) is 0 Å². The summed E-state index contributed by atoms with van der Waals surface area (Å²) in [5.74, 6) is -0.145. The predicted molar refractivity (Wildman–Crippen MR) is 97.5 cm³/mol. The Kier molecular flexibility index (Phi) is 3.78. The molecule has 0 spiro atoms. The molecule has 0 unspecified atom stereocenters. The maximum atomic E-state index is 12.4. The quantitative estimate of drug-likeness (QED) is 0.603. The van der Waals surface area contributed by atoms with Crippen molar-refractivity contribution in [3.63, 3.8) is 0 Å². The molecule has 4 aromatic rings. The van der Waals surface area contributed by atoms with E-state index in [4.69, 9.17) is 0 Å². The average molecular weight is 332 g/mol. The van der Waals surface area contributed by atoms with Crippen LogP contribution in [-0.2, 0) is 11.3 Å². The van der Waals surface area contributed by atoms with Crippen LogP contribution in [-0.4, -0.2) is 20.4 Å². The zero-order chi connectivity index (χ0) is 17.2. The number of aromatic nitrogens is 3. The zero-order valence-electron chi connectivity index (χ0n) is 13.4. The number of fused-ring (bicyclic) bond motifs is 2. The van der Waals surface area contributed by atoms with Crippen LogP contribution < -0.4 is 10.9 Å². The third kappa shape index (κ3) is 2.89. The third-order valence-electron chi connectivity index (χ3n) is 4.18. The van der Waals surface area contributed by atoms with Crippen molar-refractivity contribution < 1.29 is 4.79 Å². The molecular weight excluding hydrogens is 316 g/mol. The van der Waals surface area contributed by atoms with Crippen molar-refractivity contribution in [3.8, 4) is 0 Å². The van der Waals surface area contributed by atoms with Gasteiger partial charge in [-0.2, -0.15) is 0 Å². The second kappa shape index (κ2) is 6.24. The number of anilines is 1. The van der Waals surface area contributed by atoms with E-state index in [9.17, 15) is 9.59 Å². The summed E-state index contributed by atoms with van der Waals surface area (Å²) >= 11 is 0. The molecule has 2 aromatic carbocycles. The summed E-state index contributed by atoms with van der Waals surface area (Å²) in [4.78, 5) is 32.1. The van der Waals surface area contributed by atoms with Crippen LogP contribution in [0.25, 0.3) is 21.8 Å². The van der Waals surface area contributed by atoms with Gasteiger partial charge in [-0.15, -0.1) is 0 Å². The number of nitrogens with zero attached hydrogens (tertiary/aromatic N) is 2. The molecule has 0 saturated carbocycles. The topological polar surface area (TPSA) is 79.8 Å². The largest absolute Gasteiger partial charge is 0.361 e. The molecule has 25 heavy (non-hydrogen) atoms. The molecule has 0 atom stereocenters. The van der Waals surface area contributed by atoms with Crippen molar-refractivity contribution >= 4 is 33.4 Å². The lowest BCUT2D eigenvalue weighted by Gasteiger charge is -2.08. The number of benzene rings is 2. The number of hydrogen-bond acceptors (Lipinski definition) is 3. The lowest BCUT2D eigenvalue weighted by Crippen LogP contribution is -2.23. The molecule has 2 aromatic heterocycles. The van der Waals surface area contributed by atoms with Gasteiger partial charge in [0, 0.05) is 30.1 Å². The van der Waals surface area contributed by atoms with E-state index in [1.54, 1.807) is 18.2 Å². The summed E-state index contributed by atoms with van der Waals surface area (Å²) < 4.78 is 1.47. The smallest absolute Gasteiger partial charge is 0.261 e. The van der Waals surface area contributed by atoms with Gasteiger partial charge in [-0.25, -0.2) is 4.98 Å². The Morgan fingerprint density at radius 2 is 1.96 bits per heavy atom. The van der Waals surface area contributed by atoms with Gasteiger partial charge in [0.15, 0.2) is 0 Å². The van der Waals surface area contributed by atoms with Gasteiger partial charge in [0.2, 0.25) is 5.91 Å². The monoisotopic (exact) mass is 332 g/mol. The highest BCUT2D eigenvalue weighted by Crippen LogP contribution is 2.22. The van der Waals surface area contributed by atoms with Crippen LogP contribution in [0.15, 0.2) is 65.8 Å². The van der Waals surface area contributed by atoms with Gasteiger partial charge >= 0.3 is 0 Å². The van der Waals surface area contributed by atoms with Crippen LogP contribution in [0.1, 0.15) is 6.42 Å². The number of nitrogens with one attached hydrogen (secondary N) is 2.